The smallest absolute Gasteiger partial charge is 0.341 e. The highest BCUT2D eigenvalue weighted by Gasteiger charge is 2.23. The van der Waals surface area contributed by atoms with Crippen molar-refractivity contribution in [3.05, 3.63) is 16.0 Å². The average Bonchev–Trinajstić information content (AvgIpc) is 2.79. The van der Waals surface area contributed by atoms with E-state index < -0.39 is 5.97 Å². The number of amides is 2. The van der Waals surface area contributed by atoms with Crippen molar-refractivity contribution in [3.8, 4) is 0 Å². The normalized spacial score (nSPS) is 15.0. The molecule has 2 rings (SSSR count). The molecule has 0 saturated heterocycles. The van der Waals surface area contributed by atoms with Crippen molar-refractivity contribution in [2.45, 2.75) is 58.9 Å². The first-order valence-electron chi connectivity index (χ1n) is 8.22. The molecule has 0 aromatic carbocycles. The highest BCUT2D eigenvalue weighted by Crippen LogP contribution is 2.32. The number of aryl methyl sites for hydroxylation is 1. The van der Waals surface area contributed by atoms with Gasteiger partial charge in [-0.2, -0.15) is 0 Å². The van der Waals surface area contributed by atoms with E-state index in [0.29, 0.717) is 10.6 Å². The van der Waals surface area contributed by atoms with Gasteiger partial charge >= 0.3 is 5.97 Å². The van der Waals surface area contributed by atoms with Crippen LogP contribution in [0.3, 0.4) is 0 Å². The number of carbonyl (C=O) groups excluding carboxylic acids is 3. The Balaban J connectivity index is 1.94. The van der Waals surface area contributed by atoms with E-state index in [-0.39, 0.29) is 24.5 Å². The van der Waals surface area contributed by atoms with Gasteiger partial charge in [-0.3, -0.25) is 9.59 Å². The van der Waals surface area contributed by atoms with E-state index in [0.717, 1.165) is 36.1 Å². The first-order valence-corrected chi connectivity index (χ1v) is 9.04. The van der Waals surface area contributed by atoms with Gasteiger partial charge in [0.15, 0.2) is 6.61 Å². The zero-order valence-corrected chi connectivity index (χ0v) is 15.2. The third-order valence-corrected chi connectivity index (χ3v) is 5.31. The summed E-state index contributed by atoms with van der Waals surface area (Å²) in [7, 11) is 0. The van der Waals surface area contributed by atoms with E-state index in [4.69, 9.17) is 4.74 Å². The van der Waals surface area contributed by atoms with Crippen molar-refractivity contribution >= 4 is 34.1 Å². The van der Waals surface area contributed by atoms with Gasteiger partial charge in [0.25, 0.3) is 5.91 Å². The molecule has 6 nitrogen and oxygen atoms in total. The average molecular weight is 352 g/mol. The number of hydrogen-bond donors (Lipinski definition) is 2. The third kappa shape index (κ3) is 4.80. The molecule has 0 atom stereocenters. The second-order valence-corrected chi connectivity index (χ2v) is 7.37. The lowest BCUT2D eigenvalue weighted by Gasteiger charge is -2.22. The molecule has 1 saturated carbocycles. The molecule has 1 aromatic heterocycles. The summed E-state index contributed by atoms with van der Waals surface area (Å²) >= 11 is 1.33. The molecule has 2 amide bonds. The molecule has 132 valence electrons. The predicted molar refractivity (Wildman–Crippen MR) is 93.4 cm³/mol. The first kappa shape index (κ1) is 18.4. The van der Waals surface area contributed by atoms with Crippen LogP contribution in [0.2, 0.25) is 0 Å². The molecule has 7 heteroatoms. The van der Waals surface area contributed by atoms with Crippen molar-refractivity contribution in [2.24, 2.45) is 0 Å². The second kappa shape index (κ2) is 8.28. The zero-order chi connectivity index (χ0) is 17.7. The van der Waals surface area contributed by atoms with Crippen molar-refractivity contribution < 1.29 is 19.1 Å². The zero-order valence-electron chi connectivity index (χ0n) is 14.4. The van der Waals surface area contributed by atoms with Gasteiger partial charge in [-0.15, -0.1) is 11.3 Å². The van der Waals surface area contributed by atoms with Crippen LogP contribution in [0.15, 0.2) is 0 Å². The molecule has 0 radical (unpaired) electrons. The molecule has 1 aliphatic rings. The Morgan fingerprint density at radius 3 is 2.46 bits per heavy atom. The fourth-order valence-electron chi connectivity index (χ4n) is 2.84. The summed E-state index contributed by atoms with van der Waals surface area (Å²) in [6.45, 7) is 4.76. The monoisotopic (exact) mass is 352 g/mol. The quantitative estimate of drug-likeness (QED) is 0.798. The van der Waals surface area contributed by atoms with E-state index >= 15 is 0 Å². The van der Waals surface area contributed by atoms with Crippen LogP contribution in [0.4, 0.5) is 5.00 Å². The SMILES string of the molecule is CC(=O)Nc1sc(C)c(C)c1C(=O)OCC(=O)NC1CCCCC1. The fraction of sp³-hybridized carbons (Fsp3) is 0.588. The third-order valence-electron chi connectivity index (χ3n) is 4.18. The minimum absolute atomic E-state index is 0.185. The maximum atomic E-state index is 12.3. The standard InChI is InChI=1S/C17H24N2O4S/c1-10-11(2)24-16(18-12(3)20)15(10)17(22)23-9-14(21)19-13-7-5-4-6-8-13/h13H,4-9H2,1-3H3,(H,18,20)(H,19,21). The highest BCUT2D eigenvalue weighted by atomic mass is 32.1. The summed E-state index contributed by atoms with van der Waals surface area (Å²) in [6, 6.07) is 0.185. The number of ether oxygens (including phenoxy) is 1. The van der Waals surface area contributed by atoms with E-state index in [1.165, 1.54) is 24.7 Å². The van der Waals surface area contributed by atoms with E-state index in [1.54, 1.807) is 6.92 Å². The fourth-order valence-corrected chi connectivity index (χ4v) is 3.93. The Morgan fingerprint density at radius 1 is 1.17 bits per heavy atom. The maximum Gasteiger partial charge on any atom is 0.341 e. The summed E-state index contributed by atoms with van der Waals surface area (Å²) in [5.74, 6) is -1.11. The second-order valence-electron chi connectivity index (χ2n) is 6.15. The van der Waals surface area contributed by atoms with Gasteiger partial charge in [0.1, 0.15) is 5.00 Å². The topological polar surface area (TPSA) is 84.5 Å². The summed E-state index contributed by atoms with van der Waals surface area (Å²) in [5, 5.41) is 6.02. The molecule has 0 bridgehead atoms. The van der Waals surface area contributed by atoms with Gasteiger partial charge in [-0.1, -0.05) is 19.3 Å². The highest BCUT2D eigenvalue weighted by molar-refractivity contribution is 7.16. The first-order chi connectivity index (χ1) is 11.4. The number of rotatable bonds is 5. The number of thiophene rings is 1. The molecular formula is C17H24N2O4S. The van der Waals surface area contributed by atoms with E-state index in [9.17, 15) is 14.4 Å². The van der Waals surface area contributed by atoms with Gasteiger partial charge in [-0.05, 0) is 32.3 Å². The van der Waals surface area contributed by atoms with Crippen molar-refractivity contribution in [2.75, 3.05) is 11.9 Å². The largest absolute Gasteiger partial charge is 0.452 e. The van der Waals surface area contributed by atoms with E-state index in [1.807, 2.05) is 6.92 Å². The van der Waals surface area contributed by atoms with Gasteiger partial charge < -0.3 is 15.4 Å². The lowest BCUT2D eigenvalue weighted by atomic mass is 9.95. The van der Waals surface area contributed by atoms with Crippen molar-refractivity contribution in [1.29, 1.82) is 0 Å². The lowest BCUT2D eigenvalue weighted by Crippen LogP contribution is -2.38. The van der Waals surface area contributed by atoms with Crippen LogP contribution < -0.4 is 10.6 Å². The molecular weight excluding hydrogens is 328 g/mol. The Morgan fingerprint density at radius 2 is 1.83 bits per heavy atom. The number of hydrogen-bond acceptors (Lipinski definition) is 5. The van der Waals surface area contributed by atoms with Crippen LogP contribution >= 0.6 is 11.3 Å². The summed E-state index contributed by atoms with van der Waals surface area (Å²) in [4.78, 5) is 36.5. The molecule has 1 aliphatic carbocycles. The molecule has 24 heavy (non-hydrogen) atoms. The van der Waals surface area contributed by atoms with Gasteiger partial charge in [-0.25, -0.2) is 4.79 Å². The van der Waals surface area contributed by atoms with Crippen molar-refractivity contribution in [1.82, 2.24) is 5.32 Å². The summed E-state index contributed by atoms with van der Waals surface area (Å²) in [5.41, 5.74) is 1.10. The number of carbonyl (C=O) groups is 3. The van der Waals surface area contributed by atoms with Crippen LogP contribution in [-0.2, 0) is 14.3 Å². The Kier molecular flexibility index (Phi) is 6.36. The van der Waals surface area contributed by atoms with Crippen LogP contribution in [0.1, 0.15) is 59.8 Å². The molecule has 1 heterocycles. The van der Waals surface area contributed by atoms with Crippen LogP contribution in [0.5, 0.6) is 0 Å². The molecule has 0 spiro atoms. The maximum absolute atomic E-state index is 12.3. The van der Waals surface area contributed by atoms with E-state index in [2.05, 4.69) is 10.6 Å². The minimum Gasteiger partial charge on any atom is -0.452 e. The van der Waals surface area contributed by atoms with Gasteiger partial charge in [0, 0.05) is 17.8 Å². The predicted octanol–water partition coefficient (Wildman–Crippen LogP) is 2.93. The van der Waals surface area contributed by atoms with Gasteiger partial charge in [0.05, 0.1) is 5.56 Å². The molecule has 2 N–H and O–H groups in total. The van der Waals surface area contributed by atoms with Crippen LogP contribution in [-0.4, -0.2) is 30.4 Å². The summed E-state index contributed by atoms with van der Waals surface area (Å²) < 4.78 is 5.15. The van der Waals surface area contributed by atoms with Gasteiger partial charge in [0.2, 0.25) is 5.91 Å². The Hall–Kier alpha value is -1.89. The van der Waals surface area contributed by atoms with Crippen molar-refractivity contribution in [3.63, 3.8) is 0 Å². The Labute approximate surface area is 146 Å². The van der Waals surface area contributed by atoms with Crippen LogP contribution in [0.25, 0.3) is 0 Å². The van der Waals surface area contributed by atoms with Crippen LogP contribution in [0, 0.1) is 13.8 Å². The molecule has 1 fully saturated rings. The molecule has 1 aromatic rings. The molecule has 0 aliphatic heterocycles. The molecule has 0 unspecified atom stereocenters. The number of nitrogens with one attached hydrogen (secondary N) is 2. The number of anilines is 1. The number of esters is 1. The Bertz CT molecular complexity index is 633. The minimum atomic E-state index is -0.584. The summed E-state index contributed by atoms with van der Waals surface area (Å²) in [6.07, 6.45) is 5.42. The lowest BCUT2D eigenvalue weighted by molar-refractivity contribution is -0.125.